The molecule has 0 bridgehead atoms. The molecule has 3 rings (SSSR count). The van der Waals surface area contributed by atoms with Crippen LogP contribution in [0.25, 0.3) is 11.1 Å². The number of nitrogens with one attached hydrogen (secondary N) is 1. The topological polar surface area (TPSA) is 115 Å². The SMILES string of the molecule is COCCOc1ccc(-c2ccc(S(=O)(=O)NC(CC#Cc3ccco3)C(=O)O)cc2)cc1. The Labute approximate surface area is 192 Å². The maximum atomic E-state index is 12.7. The minimum absolute atomic E-state index is 0.0454. The van der Waals surface area contributed by atoms with Gasteiger partial charge in [-0.15, -0.1) is 0 Å². The Morgan fingerprint density at radius 1 is 1.06 bits per heavy atom. The summed E-state index contributed by atoms with van der Waals surface area (Å²) in [6, 6.07) is 15.4. The van der Waals surface area contributed by atoms with Gasteiger partial charge in [0.25, 0.3) is 0 Å². The molecule has 0 amide bonds. The van der Waals surface area contributed by atoms with Crippen LogP contribution >= 0.6 is 0 Å². The van der Waals surface area contributed by atoms with Gasteiger partial charge in [-0.05, 0) is 53.4 Å². The largest absolute Gasteiger partial charge is 0.491 e. The predicted molar refractivity (Wildman–Crippen MR) is 121 cm³/mol. The van der Waals surface area contributed by atoms with Crippen molar-refractivity contribution in [1.29, 1.82) is 0 Å². The molecular weight excluding hydrogens is 446 g/mol. The van der Waals surface area contributed by atoms with Crippen LogP contribution in [-0.4, -0.2) is 45.9 Å². The smallest absolute Gasteiger partial charge is 0.322 e. The van der Waals surface area contributed by atoms with E-state index in [1.807, 2.05) is 24.3 Å². The fourth-order valence-electron chi connectivity index (χ4n) is 2.84. The molecule has 0 radical (unpaired) electrons. The van der Waals surface area contributed by atoms with Crippen LogP contribution in [0.5, 0.6) is 5.75 Å². The molecule has 0 saturated heterocycles. The van der Waals surface area contributed by atoms with Crippen molar-refractivity contribution < 1.29 is 32.2 Å². The van der Waals surface area contributed by atoms with Crippen molar-refractivity contribution in [2.75, 3.05) is 20.3 Å². The molecule has 9 heteroatoms. The summed E-state index contributed by atoms with van der Waals surface area (Å²) in [5.74, 6) is 5.02. The van der Waals surface area contributed by atoms with Crippen LogP contribution in [-0.2, 0) is 19.6 Å². The average molecular weight is 470 g/mol. The fourth-order valence-corrected chi connectivity index (χ4v) is 4.03. The molecule has 0 aliphatic carbocycles. The number of carboxylic acid groups (broad SMARTS) is 1. The number of rotatable bonds is 10. The quantitative estimate of drug-likeness (QED) is 0.346. The van der Waals surface area contributed by atoms with Crippen molar-refractivity contribution >= 4 is 16.0 Å². The molecule has 0 aliphatic rings. The summed E-state index contributed by atoms with van der Waals surface area (Å²) >= 11 is 0. The summed E-state index contributed by atoms with van der Waals surface area (Å²) in [5, 5.41) is 9.39. The Balaban J connectivity index is 1.67. The molecule has 1 unspecified atom stereocenters. The molecule has 0 saturated carbocycles. The highest BCUT2D eigenvalue weighted by molar-refractivity contribution is 7.89. The molecule has 0 aliphatic heterocycles. The van der Waals surface area contributed by atoms with Gasteiger partial charge in [-0.3, -0.25) is 4.79 Å². The molecule has 0 fully saturated rings. The first-order valence-corrected chi connectivity index (χ1v) is 11.5. The van der Waals surface area contributed by atoms with Gasteiger partial charge in [-0.25, -0.2) is 8.42 Å². The molecule has 33 heavy (non-hydrogen) atoms. The number of carbonyl (C=O) groups is 1. The van der Waals surface area contributed by atoms with E-state index in [2.05, 4.69) is 16.6 Å². The molecule has 2 N–H and O–H groups in total. The molecule has 1 aromatic heterocycles. The molecule has 2 aromatic carbocycles. The van der Waals surface area contributed by atoms with Gasteiger partial charge in [0.1, 0.15) is 18.4 Å². The van der Waals surface area contributed by atoms with Gasteiger partial charge in [-0.1, -0.05) is 30.2 Å². The number of furan rings is 1. The van der Waals surface area contributed by atoms with Crippen molar-refractivity contribution in [3.63, 3.8) is 0 Å². The third kappa shape index (κ3) is 6.95. The second-order valence-corrected chi connectivity index (χ2v) is 8.60. The Morgan fingerprint density at radius 2 is 1.73 bits per heavy atom. The summed E-state index contributed by atoms with van der Waals surface area (Å²) in [5.41, 5.74) is 1.68. The average Bonchev–Trinajstić information content (AvgIpc) is 3.33. The number of benzene rings is 2. The first kappa shape index (κ1) is 24.1. The lowest BCUT2D eigenvalue weighted by atomic mass is 10.1. The van der Waals surface area contributed by atoms with Crippen molar-refractivity contribution in [2.45, 2.75) is 17.4 Å². The lowest BCUT2D eigenvalue weighted by Crippen LogP contribution is -2.40. The first-order chi connectivity index (χ1) is 15.9. The number of aliphatic carboxylic acids is 1. The highest BCUT2D eigenvalue weighted by atomic mass is 32.2. The summed E-state index contributed by atoms with van der Waals surface area (Å²) in [6.45, 7) is 0.937. The van der Waals surface area contributed by atoms with E-state index in [0.717, 1.165) is 11.1 Å². The number of ether oxygens (including phenoxy) is 2. The van der Waals surface area contributed by atoms with Gasteiger partial charge in [0.05, 0.1) is 17.8 Å². The second-order valence-electron chi connectivity index (χ2n) is 6.89. The van der Waals surface area contributed by atoms with Gasteiger partial charge < -0.3 is 19.0 Å². The van der Waals surface area contributed by atoms with Gasteiger partial charge in [-0.2, -0.15) is 4.72 Å². The lowest BCUT2D eigenvalue weighted by molar-refractivity contribution is -0.138. The van der Waals surface area contributed by atoms with Crippen LogP contribution in [0.3, 0.4) is 0 Å². The Bertz CT molecular complexity index is 1210. The lowest BCUT2D eigenvalue weighted by Gasteiger charge is -2.13. The first-order valence-electron chi connectivity index (χ1n) is 9.99. The highest BCUT2D eigenvalue weighted by Crippen LogP contribution is 2.24. The molecule has 8 nitrogen and oxygen atoms in total. The zero-order valence-corrected chi connectivity index (χ0v) is 18.7. The maximum absolute atomic E-state index is 12.7. The third-order valence-corrected chi connectivity index (χ3v) is 6.03. The standard InChI is InChI=1S/C24H23NO7S/c1-30-16-17-32-21-11-7-18(8-12-21)19-9-13-22(14-10-19)33(28,29)25-23(24(26)27)6-2-4-20-5-3-15-31-20/h3,5,7-15,23,25H,6,16-17H2,1H3,(H,26,27). The van der Waals surface area contributed by atoms with Crippen molar-refractivity contribution in [2.24, 2.45) is 0 Å². The van der Waals surface area contributed by atoms with Gasteiger partial charge in [0.2, 0.25) is 10.0 Å². The zero-order valence-electron chi connectivity index (χ0n) is 17.9. The van der Waals surface area contributed by atoms with Crippen molar-refractivity contribution in [1.82, 2.24) is 4.72 Å². The van der Waals surface area contributed by atoms with Crippen LogP contribution in [0, 0.1) is 11.8 Å². The molecule has 1 heterocycles. The van der Waals surface area contributed by atoms with Gasteiger partial charge >= 0.3 is 5.97 Å². The maximum Gasteiger partial charge on any atom is 0.322 e. The van der Waals surface area contributed by atoms with E-state index in [1.165, 1.54) is 18.4 Å². The highest BCUT2D eigenvalue weighted by Gasteiger charge is 2.24. The number of sulfonamides is 1. The minimum atomic E-state index is -4.06. The summed E-state index contributed by atoms with van der Waals surface area (Å²) in [7, 11) is -2.46. The number of methoxy groups -OCH3 is 1. The van der Waals surface area contributed by atoms with E-state index >= 15 is 0 Å². The Kier molecular flexibility index (Phi) is 8.27. The van der Waals surface area contributed by atoms with E-state index in [4.69, 9.17) is 13.9 Å². The molecule has 3 aromatic rings. The number of carboxylic acids is 1. The molecule has 1 atom stereocenters. The number of hydrogen-bond acceptors (Lipinski definition) is 6. The summed E-state index contributed by atoms with van der Waals surface area (Å²) < 4.78 is 43.1. The van der Waals surface area contributed by atoms with Gasteiger partial charge in [0.15, 0.2) is 5.76 Å². The Morgan fingerprint density at radius 3 is 2.30 bits per heavy atom. The van der Waals surface area contributed by atoms with Crippen molar-refractivity contribution in [3.8, 4) is 28.7 Å². The fraction of sp³-hybridized carbons (Fsp3) is 0.208. The van der Waals surface area contributed by atoms with E-state index in [-0.39, 0.29) is 11.3 Å². The third-order valence-electron chi connectivity index (χ3n) is 4.54. The predicted octanol–water partition coefficient (Wildman–Crippen LogP) is 3.15. The number of hydrogen-bond donors (Lipinski definition) is 2. The normalized spacial score (nSPS) is 11.9. The second kappa shape index (κ2) is 11.3. The van der Waals surface area contributed by atoms with E-state index < -0.39 is 22.0 Å². The van der Waals surface area contributed by atoms with E-state index in [9.17, 15) is 18.3 Å². The monoisotopic (exact) mass is 469 g/mol. The van der Waals surface area contributed by atoms with Crippen LogP contribution in [0.2, 0.25) is 0 Å². The van der Waals surface area contributed by atoms with E-state index in [1.54, 1.807) is 31.4 Å². The minimum Gasteiger partial charge on any atom is -0.491 e. The summed E-state index contributed by atoms with van der Waals surface area (Å²) in [6.07, 6.45) is 1.22. The van der Waals surface area contributed by atoms with Crippen LogP contribution < -0.4 is 9.46 Å². The summed E-state index contributed by atoms with van der Waals surface area (Å²) in [4.78, 5) is 11.5. The van der Waals surface area contributed by atoms with Crippen LogP contribution in [0.4, 0.5) is 0 Å². The Hall–Kier alpha value is -3.58. The molecular formula is C24H23NO7S. The van der Waals surface area contributed by atoms with E-state index in [0.29, 0.717) is 24.7 Å². The zero-order chi connectivity index (χ0) is 23.7. The van der Waals surface area contributed by atoms with Crippen molar-refractivity contribution in [3.05, 3.63) is 72.7 Å². The van der Waals surface area contributed by atoms with Crippen LogP contribution in [0.1, 0.15) is 12.2 Å². The van der Waals surface area contributed by atoms with Gasteiger partial charge in [0, 0.05) is 13.5 Å². The van der Waals surface area contributed by atoms with Crippen LogP contribution in [0.15, 0.2) is 76.2 Å². The molecule has 0 spiro atoms. The molecule has 172 valence electrons.